The van der Waals surface area contributed by atoms with Crippen LogP contribution in [0.3, 0.4) is 0 Å². The van der Waals surface area contributed by atoms with Gasteiger partial charge in [0.05, 0.1) is 26.8 Å². The number of rotatable bonds is 7. The Morgan fingerprint density at radius 3 is 2.85 bits per heavy atom. The molecule has 3 fully saturated rings. The molecular weight excluding hydrogens is 622 g/mol. The van der Waals surface area contributed by atoms with Gasteiger partial charge in [0.1, 0.15) is 36.0 Å². The number of alkyl halides is 1. The summed E-state index contributed by atoms with van der Waals surface area (Å²) in [6.07, 6.45) is 0.967. The van der Waals surface area contributed by atoms with E-state index < -0.39 is 41.1 Å². The molecule has 0 aliphatic carbocycles. The molecule has 3 aliphatic heterocycles. The number of ether oxygens (including phenoxy) is 1. The predicted octanol–water partition coefficient (Wildman–Crippen LogP) is 5.56. The lowest BCUT2D eigenvalue weighted by molar-refractivity contribution is -0.131. The van der Waals surface area contributed by atoms with Crippen molar-refractivity contribution in [1.29, 1.82) is 0 Å². The first-order valence-corrected chi connectivity index (χ1v) is 15.8. The minimum atomic E-state index is -1.14. The first kappa shape index (κ1) is 30.3. The van der Waals surface area contributed by atoms with Crippen molar-refractivity contribution in [2.24, 2.45) is 0 Å². The van der Waals surface area contributed by atoms with Gasteiger partial charge in [0.15, 0.2) is 11.6 Å². The molecule has 9 nitrogen and oxygen atoms in total. The molecule has 1 amide bonds. The molecule has 7 rings (SSSR count). The van der Waals surface area contributed by atoms with Crippen molar-refractivity contribution in [2.75, 3.05) is 50.8 Å². The van der Waals surface area contributed by atoms with E-state index in [2.05, 4.69) is 31.3 Å². The van der Waals surface area contributed by atoms with Crippen molar-refractivity contribution in [2.45, 2.75) is 37.0 Å². The van der Waals surface area contributed by atoms with Crippen molar-refractivity contribution in [3.63, 3.8) is 0 Å². The van der Waals surface area contributed by atoms with E-state index in [-0.39, 0.29) is 66.6 Å². The fourth-order valence-corrected chi connectivity index (χ4v) is 7.88. The number of nitrogens with zero attached hydrogens (tertiary/aromatic N) is 7. The summed E-state index contributed by atoms with van der Waals surface area (Å²) < 4.78 is 67.8. The van der Waals surface area contributed by atoms with E-state index in [4.69, 9.17) is 11.3 Å². The topological polar surface area (TPSA) is 79.1 Å². The number of hydrogen-bond acceptors (Lipinski definition) is 8. The molecule has 14 heteroatoms. The number of halogens is 4. The first-order chi connectivity index (χ1) is 22.2. The summed E-state index contributed by atoms with van der Waals surface area (Å²) in [6, 6.07) is 5.40. The van der Waals surface area contributed by atoms with Crippen molar-refractivity contribution in [3.8, 4) is 17.1 Å². The molecule has 3 saturated heterocycles. The van der Waals surface area contributed by atoms with Crippen LogP contribution in [0.25, 0.3) is 37.1 Å². The van der Waals surface area contributed by atoms with Crippen LogP contribution < -0.4 is 9.64 Å². The smallest absolute Gasteiger partial charge is 0.319 e. The monoisotopic (exact) mass is 651 g/mol. The quantitative estimate of drug-likeness (QED) is 0.147. The van der Waals surface area contributed by atoms with Gasteiger partial charge in [-0.3, -0.25) is 9.69 Å². The van der Waals surface area contributed by atoms with Gasteiger partial charge in [-0.1, -0.05) is 18.7 Å². The van der Waals surface area contributed by atoms with Crippen LogP contribution in [0.4, 0.5) is 23.4 Å². The van der Waals surface area contributed by atoms with E-state index in [0.717, 1.165) is 24.1 Å². The van der Waals surface area contributed by atoms with Crippen molar-refractivity contribution in [3.05, 3.63) is 65.2 Å². The molecule has 3 atom stereocenters. The molecule has 0 N–H and O–H groups in total. The Kier molecular flexibility index (Phi) is 7.76. The summed E-state index contributed by atoms with van der Waals surface area (Å²) in [6.45, 7) is 11.7. The van der Waals surface area contributed by atoms with E-state index in [1.165, 1.54) is 22.3 Å². The molecule has 1 unspecified atom stereocenters. The average Bonchev–Trinajstić information content (AvgIpc) is 3.74. The first-order valence-electron chi connectivity index (χ1n) is 15.0. The third kappa shape index (κ3) is 5.11. The maximum Gasteiger partial charge on any atom is 0.319 e. The second-order valence-electron chi connectivity index (χ2n) is 12.0. The lowest BCUT2D eigenvalue weighted by atomic mass is 9.95. The summed E-state index contributed by atoms with van der Waals surface area (Å²) in [4.78, 5) is 34.3. The van der Waals surface area contributed by atoms with Gasteiger partial charge < -0.3 is 19.4 Å². The molecule has 0 radical (unpaired) electrons. The SMILES string of the molecule is [C-]#[N+]C[C@H]1CN(c2nc(OCC34CCCN3C[C@H](F)C4)nc3c(F)c(-c4cccc5scnc45)c(F)cc23)CCN1C(=O)C(=C)F. The summed E-state index contributed by atoms with van der Waals surface area (Å²) in [5, 5.41) is 0.0677. The van der Waals surface area contributed by atoms with Crippen molar-refractivity contribution in [1.82, 2.24) is 24.8 Å². The number of carbonyl (C=O) groups is 1. The molecule has 5 heterocycles. The van der Waals surface area contributed by atoms with Crippen LogP contribution in [-0.4, -0.2) is 94.3 Å². The van der Waals surface area contributed by atoms with Crippen LogP contribution in [0.5, 0.6) is 6.01 Å². The summed E-state index contributed by atoms with van der Waals surface area (Å²) >= 11 is 1.35. The Labute approximate surface area is 265 Å². The lowest BCUT2D eigenvalue weighted by Crippen LogP contribution is -2.56. The standard InChI is InChI=1S/C32H29F4N7O2S/c1-18(33)30(44)43-10-9-41(15-20(43)13-37-2)29-22-11-23(35)25(21-5-3-6-24-27(21)38-17-46-24)26(36)28(22)39-31(40-29)45-16-32-7-4-8-42(32)14-19(34)12-32/h3,5-6,11,17,19-20H,1,4,7-10,12-16H2/t19-,20+,32?/m1/s1. The molecule has 238 valence electrons. The molecule has 46 heavy (non-hydrogen) atoms. The number of anilines is 1. The van der Waals surface area contributed by atoms with Gasteiger partial charge in [-0.05, 0) is 31.5 Å². The normalized spacial score (nSPS) is 23.2. The van der Waals surface area contributed by atoms with Crippen LogP contribution >= 0.6 is 11.3 Å². The molecule has 2 aromatic carbocycles. The number of aromatic nitrogens is 3. The number of hydrogen-bond donors (Lipinski definition) is 0. The highest BCUT2D eigenvalue weighted by atomic mass is 32.1. The number of piperazine rings is 1. The second-order valence-corrected chi connectivity index (χ2v) is 12.9. The van der Waals surface area contributed by atoms with Crippen LogP contribution in [-0.2, 0) is 4.79 Å². The Balaban J connectivity index is 1.33. The number of carbonyl (C=O) groups excluding carboxylic acids is 1. The molecule has 0 bridgehead atoms. The summed E-state index contributed by atoms with van der Waals surface area (Å²) in [7, 11) is 0. The highest BCUT2D eigenvalue weighted by Gasteiger charge is 2.49. The molecular formula is C32H29F4N7O2S. The molecule has 2 aromatic heterocycles. The highest BCUT2D eigenvalue weighted by molar-refractivity contribution is 7.16. The van der Waals surface area contributed by atoms with E-state index in [0.29, 0.717) is 18.5 Å². The van der Waals surface area contributed by atoms with Crippen LogP contribution in [0, 0.1) is 18.2 Å². The number of amides is 1. The van der Waals surface area contributed by atoms with Crippen LogP contribution in [0.2, 0.25) is 0 Å². The maximum atomic E-state index is 16.6. The molecule has 0 saturated carbocycles. The Morgan fingerprint density at radius 2 is 2.04 bits per heavy atom. The third-order valence-electron chi connectivity index (χ3n) is 9.28. The van der Waals surface area contributed by atoms with Crippen molar-refractivity contribution >= 4 is 44.2 Å². The fourth-order valence-electron chi connectivity index (χ4n) is 7.18. The minimum absolute atomic E-state index is 0.0223. The average molecular weight is 652 g/mol. The van der Waals surface area contributed by atoms with Gasteiger partial charge in [-0.15, -0.1) is 11.3 Å². The third-order valence-corrected chi connectivity index (χ3v) is 10.1. The summed E-state index contributed by atoms with van der Waals surface area (Å²) in [5.74, 6) is -3.67. The van der Waals surface area contributed by atoms with Gasteiger partial charge in [0, 0.05) is 43.5 Å². The van der Waals surface area contributed by atoms with E-state index >= 15 is 8.78 Å². The van der Waals surface area contributed by atoms with E-state index in [1.807, 2.05) is 6.07 Å². The number of fused-ring (bicyclic) bond motifs is 3. The van der Waals surface area contributed by atoms with Gasteiger partial charge in [-0.2, -0.15) is 9.97 Å². The van der Waals surface area contributed by atoms with Crippen LogP contribution in [0.15, 0.2) is 42.2 Å². The van der Waals surface area contributed by atoms with Crippen molar-refractivity contribution < 1.29 is 27.1 Å². The van der Waals surface area contributed by atoms with Gasteiger partial charge in [0.2, 0.25) is 6.54 Å². The lowest BCUT2D eigenvalue weighted by Gasteiger charge is -2.39. The van der Waals surface area contributed by atoms with Gasteiger partial charge in [-0.25, -0.2) is 29.1 Å². The second kappa shape index (κ2) is 11.8. The zero-order valence-corrected chi connectivity index (χ0v) is 25.5. The van der Waals surface area contributed by atoms with E-state index in [1.54, 1.807) is 22.5 Å². The van der Waals surface area contributed by atoms with E-state index in [9.17, 15) is 13.6 Å². The van der Waals surface area contributed by atoms with Gasteiger partial charge in [0.25, 0.3) is 5.91 Å². The number of thiazole rings is 1. The molecule has 3 aliphatic rings. The molecule has 4 aromatic rings. The molecule has 0 spiro atoms. The van der Waals surface area contributed by atoms with Gasteiger partial charge >= 0.3 is 6.01 Å². The maximum absolute atomic E-state index is 16.6. The van der Waals surface area contributed by atoms with Crippen LogP contribution in [0.1, 0.15) is 19.3 Å². The Morgan fingerprint density at radius 1 is 1.20 bits per heavy atom. The Bertz CT molecular complexity index is 1910. The Hall–Kier alpha value is -4.35. The number of para-hydroxylation sites is 1. The minimum Gasteiger partial charge on any atom is -0.461 e. The zero-order chi connectivity index (χ0) is 32.2. The fraction of sp³-hybridized carbons (Fsp3) is 0.406. The summed E-state index contributed by atoms with van der Waals surface area (Å²) in [5.41, 5.74) is 1.34. The number of benzene rings is 2. The zero-order valence-electron chi connectivity index (χ0n) is 24.7. The largest absolute Gasteiger partial charge is 0.461 e. The predicted molar refractivity (Wildman–Crippen MR) is 166 cm³/mol. The highest BCUT2D eigenvalue weighted by Crippen LogP contribution is 2.42.